The highest BCUT2D eigenvalue weighted by atomic mass is 79.9. The monoisotopic (exact) mass is 385 g/mol. The normalized spacial score (nSPS) is 19.2. The molecule has 2 heterocycles. The van der Waals surface area contributed by atoms with Gasteiger partial charge in [0.25, 0.3) is 0 Å². The van der Waals surface area contributed by atoms with Gasteiger partial charge < -0.3 is 9.47 Å². The van der Waals surface area contributed by atoms with E-state index < -0.39 is 18.0 Å². The Morgan fingerprint density at radius 1 is 1.61 bits per heavy atom. The summed E-state index contributed by atoms with van der Waals surface area (Å²) < 4.78 is 26.8. The Hall–Kier alpha value is -1.51. The fourth-order valence-corrected chi connectivity index (χ4v) is 2.97. The number of esters is 1. The van der Waals surface area contributed by atoms with Crippen LogP contribution in [-0.2, 0) is 14.3 Å². The molecule has 2 atom stereocenters. The topological polar surface area (TPSA) is 65.4 Å². The van der Waals surface area contributed by atoms with E-state index in [0.717, 1.165) is 19.4 Å². The number of hydrogen-bond acceptors (Lipinski definition) is 5. The Bertz CT molecular complexity index is 715. The maximum Gasteiger partial charge on any atom is 0.358 e. The fourth-order valence-electron chi connectivity index (χ4n) is 2.55. The number of aromatic nitrogens is 2. The number of nitrogens with one attached hydrogen (secondary N) is 1. The van der Waals surface area contributed by atoms with E-state index in [2.05, 4.69) is 26.3 Å². The third-order valence-electron chi connectivity index (χ3n) is 3.59. The molecule has 2 unspecified atom stereocenters. The van der Waals surface area contributed by atoms with E-state index in [-0.39, 0.29) is 12.8 Å². The first-order valence-electron chi connectivity index (χ1n) is 7.48. The summed E-state index contributed by atoms with van der Waals surface area (Å²) >= 11 is 3.23. The highest BCUT2D eigenvalue weighted by Crippen LogP contribution is 2.25. The smallest absolute Gasteiger partial charge is 0.358 e. The van der Waals surface area contributed by atoms with Crippen molar-refractivity contribution in [1.29, 1.82) is 0 Å². The number of carbonyl (C=O) groups is 1. The number of carbonyl (C=O) groups excluding carboxylic acids is 1. The molecule has 2 aromatic rings. The number of ether oxygens (including phenoxy) is 2. The highest BCUT2D eigenvalue weighted by molar-refractivity contribution is 9.10. The Morgan fingerprint density at radius 2 is 2.43 bits per heavy atom. The van der Waals surface area contributed by atoms with Crippen molar-refractivity contribution in [3.8, 4) is 0 Å². The fraction of sp³-hybridized carbons (Fsp3) is 0.467. The molecule has 0 radical (unpaired) electrons. The van der Waals surface area contributed by atoms with E-state index in [0.29, 0.717) is 15.4 Å². The largest absolute Gasteiger partial charge is 0.463 e. The lowest BCUT2D eigenvalue weighted by atomic mass is 10.2. The first-order valence-corrected chi connectivity index (χ1v) is 8.27. The van der Waals surface area contributed by atoms with E-state index in [1.54, 1.807) is 13.0 Å². The molecule has 1 aliphatic heterocycles. The number of halogens is 2. The number of benzene rings is 1. The molecule has 1 N–H and O–H groups in total. The molecule has 1 aromatic heterocycles. The van der Waals surface area contributed by atoms with E-state index in [1.807, 2.05) is 0 Å². The molecule has 6 nitrogen and oxygen atoms in total. The van der Waals surface area contributed by atoms with Crippen molar-refractivity contribution < 1.29 is 18.7 Å². The van der Waals surface area contributed by atoms with Crippen molar-refractivity contribution in [2.24, 2.45) is 0 Å². The van der Waals surface area contributed by atoms with E-state index >= 15 is 0 Å². The van der Waals surface area contributed by atoms with Crippen LogP contribution in [0.15, 0.2) is 22.8 Å². The lowest BCUT2D eigenvalue weighted by molar-refractivity contribution is -0.171. The van der Waals surface area contributed by atoms with Gasteiger partial charge in [0.15, 0.2) is 0 Å². The molecule has 3 rings (SSSR count). The molecule has 0 bridgehead atoms. The Kier molecular flexibility index (Phi) is 4.93. The minimum absolute atomic E-state index is 0.234. The van der Waals surface area contributed by atoms with E-state index in [1.165, 1.54) is 16.9 Å². The van der Waals surface area contributed by atoms with Gasteiger partial charge in [-0.3, -0.25) is 5.32 Å². The molecule has 1 fully saturated rings. The lowest BCUT2D eigenvalue weighted by Gasteiger charge is -2.20. The zero-order chi connectivity index (χ0) is 16.4. The summed E-state index contributed by atoms with van der Waals surface area (Å²) in [5, 5.41) is 7.75. The third-order valence-corrected chi connectivity index (χ3v) is 4.05. The van der Waals surface area contributed by atoms with Crippen LogP contribution < -0.4 is 5.32 Å². The molecule has 0 saturated carbocycles. The molecule has 1 aromatic carbocycles. The summed E-state index contributed by atoms with van der Waals surface area (Å²) in [7, 11) is 0. The zero-order valence-electron chi connectivity index (χ0n) is 12.6. The molecular formula is C15H17BrFN3O3. The molecule has 1 aliphatic rings. The van der Waals surface area contributed by atoms with Crippen molar-refractivity contribution in [1.82, 2.24) is 15.1 Å². The van der Waals surface area contributed by atoms with Crippen LogP contribution in [-0.4, -0.2) is 35.1 Å². The third kappa shape index (κ3) is 3.54. The summed E-state index contributed by atoms with van der Waals surface area (Å²) in [6.45, 7) is 2.79. The predicted octanol–water partition coefficient (Wildman–Crippen LogP) is 2.73. The minimum Gasteiger partial charge on any atom is -0.463 e. The van der Waals surface area contributed by atoms with Crippen LogP contribution in [0.2, 0.25) is 0 Å². The number of fused-ring (bicyclic) bond motifs is 1. The summed E-state index contributed by atoms with van der Waals surface area (Å²) in [5.74, 6) is -0.962. The van der Waals surface area contributed by atoms with Crippen LogP contribution in [0, 0.1) is 5.82 Å². The molecule has 8 heteroatoms. The summed E-state index contributed by atoms with van der Waals surface area (Å²) in [6.07, 6.45) is 1.96. The van der Waals surface area contributed by atoms with Crippen LogP contribution in [0.5, 0.6) is 0 Å². The summed E-state index contributed by atoms with van der Waals surface area (Å²) in [5.41, 5.74) is 0.439. The highest BCUT2D eigenvalue weighted by Gasteiger charge is 2.29. The average Bonchev–Trinajstić information content (AvgIpc) is 3.13. The van der Waals surface area contributed by atoms with Crippen molar-refractivity contribution in [3.63, 3.8) is 0 Å². The lowest BCUT2D eigenvalue weighted by Crippen LogP contribution is -2.33. The quantitative estimate of drug-likeness (QED) is 0.801. The van der Waals surface area contributed by atoms with Gasteiger partial charge in [-0.2, -0.15) is 5.10 Å². The van der Waals surface area contributed by atoms with Gasteiger partial charge in [-0.15, -0.1) is 0 Å². The summed E-state index contributed by atoms with van der Waals surface area (Å²) in [6, 6.07) is 3.04. The SMILES string of the molecule is CCOC(=O)C(OC1CCCN1)n1cc2c(F)cc(Br)cc2n1. The Morgan fingerprint density at radius 3 is 3.13 bits per heavy atom. The van der Waals surface area contributed by atoms with E-state index in [9.17, 15) is 9.18 Å². The molecule has 23 heavy (non-hydrogen) atoms. The van der Waals surface area contributed by atoms with Gasteiger partial charge in [0.2, 0.25) is 6.23 Å². The zero-order valence-corrected chi connectivity index (χ0v) is 14.2. The van der Waals surface area contributed by atoms with Gasteiger partial charge in [0.1, 0.15) is 12.0 Å². The second-order valence-electron chi connectivity index (χ2n) is 5.26. The molecule has 0 spiro atoms. The molecule has 1 saturated heterocycles. The van der Waals surface area contributed by atoms with Crippen LogP contribution in [0.4, 0.5) is 4.39 Å². The van der Waals surface area contributed by atoms with Gasteiger partial charge in [-0.25, -0.2) is 13.9 Å². The predicted molar refractivity (Wildman–Crippen MR) is 85.2 cm³/mol. The van der Waals surface area contributed by atoms with Gasteiger partial charge >= 0.3 is 5.97 Å². The molecule has 0 amide bonds. The molecular weight excluding hydrogens is 369 g/mol. The first-order chi connectivity index (χ1) is 11.1. The van der Waals surface area contributed by atoms with Gasteiger partial charge in [0.05, 0.1) is 17.5 Å². The van der Waals surface area contributed by atoms with Crippen LogP contribution in [0.1, 0.15) is 26.0 Å². The maximum atomic E-state index is 14.0. The standard InChI is InChI=1S/C15H17BrFN3O3/c1-2-22-15(21)14(23-13-4-3-5-18-13)20-8-10-11(17)6-9(16)7-12(10)19-20/h6-8,13-14,18H,2-5H2,1H3. The minimum atomic E-state index is -1.05. The van der Waals surface area contributed by atoms with Gasteiger partial charge in [-0.05, 0) is 38.4 Å². The van der Waals surface area contributed by atoms with Crippen LogP contribution in [0.3, 0.4) is 0 Å². The second-order valence-corrected chi connectivity index (χ2v) is 6.17. The van der Waals surface area contributed by atoms with Gasteiger partial charge in [-0.1, -0.05) is 15.9 Å². The summed E-state index contributed by atoms with van der Waals surface area (Å²) in [4.78, 5) is 12.2. The Labute approximate surface area is 141 Å². The van der Waals surface area contributed by atoms with Crippen molar-refractivity contribution in [2.45, 2.75) is 32.2 Å². The van der Waals surface area contributed by atoms with E-state index in [4.69, 9.17) is 9.47 Å². The second kappa shape index (κ2) is 6.94. The van der Waals surface area contributed by atoms with Crippen molar-refractivity contribution >= 4 is 32.8 Å². The first kappa shape index (κ1) is 16.4. The number of nitrogens with zero attached hydrogens (tertiary/aromatic N) is 2. The molecule has 0 aliphatic carbocycles. The van der Waals surface area contributed by atoms with Crippen molar-refractivity contribution in [2.75, 3.05) is 13.2 Å². The van der Waals surface area contributed by atoms with Crippen molar-refractivity contribution in [3.05, 3.63) is 28.6 Å². The number of rotatable bonds is 5. The molecule has 124 valence electrons. The van der Waals surface area contributed by atoms with Gasteiger partial charge in [0, 0.05) is 10.7 Å². The number of hydrogen-bond donors (Lipinski definition) is 1. The average molecular weight is 386 g/mol. The maximum absolute atomic E-state index is 14.0. The Balaban J connectivity index is 1.94. The van der Waals surface area contributed by atoms with Crippen LogP contribution in [0.25, 0.3) is 10.9 Å². The van der Waals surface area contributed by atoms with Crippen LogP contribution >= 0.6 is 15.9 Å².